The molecular formula is C33H48N2O2S2. The van der Waals surface area contributed by atoms with E-state index in [1.165, 1.54) is 95.5 Å². The van der Waals surface area contributed by atoms with E-state index >= 15 is 0 Å². The van der Waals surface area contributed by atoms with Crippen molar-refractivity contribution in [2.45, 2.75) is 114 Å². The molecule has 2 aliphatic rings. The fourth-order valence-electron chi connectivity index (χ4n) is 5.80. The lowest BCUT2D eigenvalue weighted by molar-refractivity contribution is -0.137. The van der Waals surface area contributed by atoms with Crippen LogP contribution in [0.25, 0.3) is 11.4 Å². The Labute approximate surface area is 245 Å². The molecule has 1 aromatic heterocycles. The van der Waals surface area contributed by atoms with Gasteiger partial charge in [-0.3, -0.25) is 4.79 Å². The molecule has 39 heavy (non-hydrogen) atoms. The Morgan fingerprint density at radius 2 is 1.44 bits per heavy atom. The van der Waals surface area contributed by atoms with Crippen molar-refractivity contribution >= 4 is 29.5 Å². The number of unbranched alkanes of at least 4 members (excludes halogenated alkanes) is 6. The number of esters is 1. The highest BCUT2D eigenvalue weighted by Crippen LogP contribution is 2.38. The zero-order valence-corrected chi connectivity index (χ0v) is 25.7. The quantitative estimate of drug-likeness (QED) is 0.128. The second-order valence-corrected chi connectivity index (χ2v) is 14.3. The average Bonchev–Trinajstić information content (AvgIpc) is 2.98. The maximum atomic E-state index is 12.7. The van der Waals surface area contributed by atoms with E-state index in [1.807, 2.05) is 60.2 Å². The Hall–Kier alpha value is -1.53. The average molecular weight is 569 g/mol. The molecule has 2 aromatic rings. The highest BCUT2D eigenvalue weighted by molar-refractivity contribution is 8.17. The first-order valence-corrected chi connectivity index (χ1v) is 17.6. The molecule has 0 spiro atoms. The summed E-state index contributed by atoms with van der Waals surface area (Å²) < 4.78 is 6.35. The summed E-state index contributed by atoms with van der Waals surface area (Å²) in [6, 6.07) is 7.64. The van der Waals surface area contributed by atoms with Crippen molar-refractivity contribution in [1.29, 1.82) is 0 Å². The van der Waals surface area contributed by atoms with Gasteiger partial charge >= 0.3 is 5.97 Å². The number of thioether (sulfide) groups is 2. The van der Waals surface area contributed by atoms with E-state index in [1.54, 1.807) is 0 Å². The number of hydrogen-bond acceptors (Lipinski definition) is 6. The van der Waals surface area contributed by atoms with Crippen LogP contribution in [0.4, 0.5) is 0 Å². The number of carbonyl (C=O) groups is 1. The van der Waals surface area contributed by atoms with Gasteiger partial charge in [0.05, 0.1) is 10.5 Å². The van der Waals surface area contributed by atoms with Crippen LogP contribution in [0.1, 0.15) is 115 Å². The topological polar surface area (TPSA) is 52.1 Å². The minimum Gasteiger partial charge on any atom is -0.426 e. The summed E-state index contributed by atoms with van der Waals surface area (Å²) in [5, 5.41) is 0. The van der Waals surface area contributed by atoms with Gasteiger partial charge in [0.2, 0.25) is 0 Å². The summed E-state index contributed by atoms with van der Waals surface area (Å²) in [4.78, 5) is 22.1. The SMILES string of the molecule is CCCCCCCC1CCC(c2cnc(-c3ccc(OC(=O)C4CSC(CCCCC)SC4)cc3)nc2)CC1. The van der Waals surface area contributed by atoms with Crippen molar-refractivity contribution in [1.82, 2.24) is 9.97 Å². The molecule has 0 bridgehead atoms. The van der Waals surface area contributed by atoms with Gasteiger partial charge in [0.1, 0.15) is 5.75 Å². The van der Waals surface area contributed by atoms with Gasteiger partial charge in [0, 0.05) is 29.5 Å². The zero-order chi connectivity index (χ0) is 27.3. The molecule has 1 aromatic carbocycles. The Bertz CT molecular complexity index is 966. The molecule has 1 aliphatic heterocycles. The number of rotatable bonds is 14. The predicted octanol–water partition coefficient (Wildman–Crippen LogP) is 9.69. The molecule has 2 heterocycles. The molecule has 0 unspecified atom stereocenters. The Morgan fingerprint density at radius 3 is 2.10 bits per heavy atom. The van der Waals surface area contributed by atoms with E-state index in [-0.39, 0.29) is 11.9 Å². The first kappa shape index (κ1) is 30.4. The Kier molecular flexibility index (Phi) is 13.0. The molecule has 1 saturated heterocycles. The van der Waals surface area contributed by atoms with Gasteiger partial charge < -0.3 is 4.74 Å². The maximum absolute atomic E-state index is 12.7. The van der Waals surface area contributed by atoms with E-state index in [4.69, 9.17) is 14.7 Å². The summed E-state index contributed by atoms with van der Waals surface area (Å²) in [5.74, 6) is 4.43. The summed E-state index contributed by atoms with van der Waals surface area (Å²) in [6.45, 7) is 4.53. The lowest BCUT2D eigenvalue weighted by atomic mass is 9.77. The lowest BCUT2D eigenvalue weighted by Crippen LogP contribution is -2.29. The van der Waals surface area contributed by atoms with E-state index in [2.05, 4.69) is 13.8 Å². The highest BCUT2D eigenvalue weighted by Gasteiger charge is 2.28. The third-order valence-corrected chi connectivity index (χ3v) is 11.6. The van der Waals surface area contributed by atoms with Gasteiger partial charge in [0.15, 0.2) is 5.82 Å². The molecule has 214 valence electrons. The van der Waals surface area contributed by atoms with Gasteiger partial charge in [-0.1, -0.05) is 71.6 Å². The molecule has 1 aliphatic carbocycles. The molecule has 6 heteroatoms. The van der Waals surface area contributed by atoms with Crippen molar-refractivity contribution < 1.29 is 9.53 Å². The van der Waals surface area contributed by atoms with Crippen LogP contribution in [0.3, 0.4) is 0 Å². The summed E-state index contributed by atoms with van der Waals surface area (Å²) >= 11 is 3.84. The largest absolute Gasteiger partial charge is 0.426 e. The predicted molar refractivity (Wildman–Crippen MR) is 168 cm³/mol. The van der Waals surface area contributed by atoms with Crippen LogP contribution in [0.2, 0.25) is 0 Å². The third-order valence-electron chi connectivity index (χ3n) is 8.38. The third kappa shape index (κ3) is 9.81. The standard InChI is InChI=1S/C33H48N2O2S2/c1-3-5-7-8-10-11-25-13-15-26(16-14-25)28-21-34-32(35-22-28)27-17-19-30(20-18-27)37-33(36)29-23-38-31(39-24-29)12-9-6-4-2/h17-22,25-26,29,31H,3-16,23-24H2,1-2H3. The number of benzene rings is 1. The number of ether oxygens (including phenoxy) is 1. The maximum Gasteiger partial charge on any atom is 0.316 e. The van der Waals surface area contributed by atoms with E-state index in [0.717, 1.165) is 28.8 Å². The minimum absolute atomic E-state index is 0.0289. The van der Waals surface area contributed by atoms with Crippen LogP contribution in [0.5, 0.6) is 5.75 Å². The molecule has 0 atom stereocenters. The van der Waals surface area contributed by atoms with Crippen molar-refractivity contribution in [2.75, 3.05) is 11.5 Å². The first-order chi connectivity index (χ1) is 19.2. The Morgan fingerprint density at radius 1 is 0.821 bits per heavy atom. The monoisotopic (exact) mass is 568 g/mol. The normalized spacial score (nSPS) is 23.4. The number of nitrogens with zero attached hydrogens (tertiary/aromatic N) is 2. The van der Waals surface area contributed by atoms with Gasteiger partial charge in [-0.2, -0.15) is 0 Å². The van der Waals surface area contributed by atoms with Gasteiger partial charge in [-0.15, -0.1) is 23.5 Å². The van der Waals surface area contributed by atoms with Crippen molar-refractivity contribution in [2.24, 2.45) is 11.8 Å². The van der Waals surface area contributed by atoms with Crippen LogP contribution in [0, 0.1) is 11.8 Å². The van der Waals surface area contributed by atoms with Gasteiger partial charge in [-0.25, -0.2) is 9.97 Å². The lowest BCUT2D eigenvalue weighted by Gasteiger charge is -2.28. The highest BCUT2D eigenvalue weighted by atomic mass is 32.2. The van der Waals surface area contributed by atoms with Gasteiger partial charge in [0.25, 0.3) is 0 Å². The van der Waals surface area contributed by atoms with Crippen LogP contribution < -0.4 is 4.74 Å². The van der Waals surface area contributed by atoms with Gasteiger partial charge in [-0.05, 0) is 73.8 Å². The van der Waals surface area contributed by atoms with Crippen LogP contribution in [-0.4, -0.2) is 32.0 Å². The fraction of sp³-hybridized carbons (Fsp3) is 0.667. The van der Waals surface area contributed by atoms with E-state index in [0.29, 0.717) is 16.2 Å². The molecule has 0 radical (unpaired) electrons. The van der Waals surface area contributed by atoms with E-state index < -0.39 is 0 Å². The second-order valence-electron chi connectivity index (χ2n) is 11.5. The molecule has 4 rings (SSSR count). The van der Waals surface area contributed by atoms with Crippen molar-refractivity contribution in [3.8, 4) is 17.1 Å². The van der Waals surface area contributed by atoms with Crippen LogP contribution >= 0.6 is 23.5 Å². The van der Waals surface area contributed by atoms with Crippen molar-refractivity contribution in [3.05, 3.63) is 42.2 Å². The number of aromatic nitrogens is 2. The smallest absolute Gasteiger partial charge is 0.316 e. The number of carbonyl (C=O) groups excluding carboxylic acids is 1. The molecule has 4 nitrogen and oxygen atoms in total. The molecule has 0 N–H and O–H groups in total. The summed E-state index contributed by atoms with van der Waals surface area (Å²) in [5.41, 5.74) is 2.23. The summed E-state index contributed by atoms with van der Waals surface area (Å²) in [6.07, 6.45) is 22.7. The fourth-order valence-corrected chi connectivity index (χ4v) is 8.87. The summed E-state index contributed by atoms with van der Waals surface area (Å²) in [7, 11) is 0. The van der Waals surface area contributed by atoms with Crippen LogP contribution in [-0.2, 0) is 4.79 Å². The first-order valence-electron chi connectivity index (χ1n) is 15.5. The van der Waals surface area contributed by atoms with Crippen molar-refractivity contribution in [3.63, 3.8) is 0 Å². The molecular weight excluding hydrogens is 521 g/mol. The minimum atomic E-state index is -0.110. The molecule has 1 saturated carbocycles. The molecule has 2 fully saturated rings. The van der Waals surface area contributed by atoms with E-state index in [9.17, 15) is 4.79 Å². The van der Waals surface area contributed by atoms with Crippen LogP contribution in [0.15, 0.2) is 36.7 Å². The molecule has 0 amide bonds. The zero-order valence-electron chi connectivity index (χ0n) is 24.1. The number of hydrogen-bond donors (Lipinski definition) is 0. The Balaban J connectivity index is 1.19. The second kappa shape index (κ2) is 16.7.